The van der Waals surface area contributed by atoms with Crippen molar-refractivity contribution in [1.29, 1.82) is 0 Å². The Hall–Kier alpha value is -2.95. The van der Waals surface area contributed by atoms with Crippen LogP contribution in [0.3, 0.4) is 0 Å². The molecule has 5 heteroatoms. The summed E-state index contributed by atoms with van der Waals surface area (Å²) < 4.78 is 16.5. The van der Waals surface area contributed by atoms with Crippen LogP contribution < -0.4 is 20.6 Å². The molecular formula is C17H15NO4. The van der Waals surface area contributed by atoms with Crippen LogP contribution in [0, 0.1) is 0 Å². The molecule has 0 amide bonds. The molecule has 3 rings (SSSR count). The van der Waals surface area contributed by atoms with Crippen LogP contribution in [-0.2, 0) is 0 Å². The third-order valence-electron chi connectivity index (χ3n) is 3.43. The van der Waals surface area contributed by atoms with Crippen LogP contribution in [0.2, 0.25) is 0 Å². The quantitative estimate of drug-likeness (QED) is 0.752. The molecule has 0 fully saturated rings. The van der Waals surface area contributed by atoms with Crippen molar-refractivity contribution in [3.05, 3.63) is 52.7 Å². The highest BCUT2D eigenvalue weighted by Gasteiger charge is 2.19. The van der Waals surface area contributed by atoms with Gasteiger partial charge in [-0.15, -0.1) is 0 Å². The Bertz CT molecular complexity index is 899. The van der Waals surface area contributed by atoms with Crippen molar-refractivity contribution in [2.45, 2.75) is 0 Å². The SMILES string of the molecule is COc1ccccc1-c1oc2ccc(N)cc2c(=O)c1OC. The molecule has 2 N–H and O–H groups in total. The summed E-state index contributed by atoms with van der Waals surface area (Å²) >= 11 is 0. The summed E-state index contributed by atoms with van der Waals surface area (Å²) in [6, 6.07) is 12.2. The maximum absolute atomic E-state index is 12.6. The number of methoxy groups -OCH3 is 2. The van der Waals surface area contributed by atoms with Gasteiger partial charge in [-0.1, -0.05) is 12.1 Å². The molecule has 0 bridgehead atoms. The van der Waals surface area contributed by atoms with Crippen molar-refractivity contribution in [3.8, 4) is 22.8 Å². The number of hydrogen-bond acceptors (Lipinski definition) is 5. The first-order valence-electron chi connectivity index (χ1n) is 6.69. The first-order chi connectivity index (χ1) is 10.7. The average molecular weight is 297 g/mol. The Morgan fingerprint density at radius 1 is 1.05 bits per heavy atom. The van der Waals surface area contributed by atoms with Gasteiger partial charge in [0.2, 0.25) is 11.2 Å². The molecule has 0 aliphatic rings. The van der Waals surface area contributed by atoms with Crippen molar-refractivity contribution in [2.24, 2.45) is 0 Å². The van der Waals surface area contributed by atoms with E-state index in [1.165, 1.54) is 7.11 Å². The van der Waals surface area contributed by atoms with E-state index in [1.807, 2.05) is 18.2 Å². The largest absolute Gasteiger partial charge is 0.496 e. The summed E-state index contributed by atoms with van der Waals surface area (Å²) in [5.74, 6) is 1.06. The van der Waals surface area contributed by atoms with E-state index < -0.39 is 0 Å². The fraction of sp³-hybridized carbons (Fsp3) is 0.118. The average Bonchev–Trinajstić information content (AvgIpc) is 2.55. The summed E-state index contributed by atoms with van der Waals surface area (Å²) in [6.07, 6.45) is 0. The summed E-state index contributed by atoms with van der Waals surface area (Å²) in [7, 11) is 2.99. The van der Waals surface area contributed by atoms with Crippen LogP contribution in [-0.4, -0.2) is 14.2 Å². The third-order valence-corrected chi connectivity index (χ3v) is 3.43. The molecule has 0 aliphatic heterocycles. The Balaban J connectivity index is 2.39. The Labute approximate surface area is 126 Å². The number of rotatable bonds is 3. The highest BCUT2D eigenvalue weighted by molar-refractivity contribution is 5.85. The number of hydrogen-bond donors (Lipinski definition) is 1. The fourth-order valence-electron chi connectivity index (χ4n) is 2.39. The minimum Gasteiger partial charge on any atom is -0.496 e. The zero-order chi connectivity index (χ0) is 15.7. The van der Waals surface area contributed by atoms with E-state index in [2.05, 4.69) is 0 Å². The summed E-state index contributed by atoms with van der Waals surface area (Å²) in [6.45, 7) is 0. The van der Waals surface area contributed by atoms with Gasteiger partial charge >= 0.3 is 0 Å². The highest BCUT2D eigenvalue weighted by atomic mass is 16.5. The topological polar surface area (TPSA) is 74.7 Å². The van der Waals surface area contributed by atoms with Gasteiger partial charge < -0.3 is 19.6 Å². The molecule has 5 nitrogen and oxygen atoms in total. The van der Waals surface area contributed by atoms with Gasteiger partial charge in [-0.05, 0) is 30.3 Å². The van der Waals surface area contributed by atoms with Crippen LogP contribution in [0.1, 0.15) is 0 Å². The molecule has 0 saturated heterocycles. The molecule has 0 aliphatic carbocycles. The second-order valence-corrected chi connectivity index (χ2v) is 4.75. The number of fused-ring (bicyclic) bond motifs is 1. The van der Waals surface area contributed by atoms with Crippen molar-refractivity contribution in [2.75, 3.05) is 20.0 Å². The summed E-state index contributed by atoms with van der Waals surface area (Å²) in [4.78, 5) is 12.6. The number of nitrogen functional groups attached to an aromatic ring is 1. The van der Waals surface area contributed by atoms with E-state index in [0.29, 0.717) is 33.7 Å². The molecule has 0 radical (unpaired) electrons. The first kappa shape index (κ1) is 14.0. The number of benzene rings is 2. The van der Waals surface area contributed by atoms with E-state index in [9.17, 15) is 4.79 Å². The van der Waals surface area contributed by atoms with Gasteiger partial charge in [-0.2, -0.15) is 0 Å². The second-order valence-electron chi connectivity index (χ2n) is 4.75. The van der Waals surface area contributed by atoms with E-state index >= 15 is 0 Å². The number of anilines is 1. The van der Waals surface area contributed by atoms with Crippen molar-refractivity contribution >= 4 is 16.7 Å². The smallest absolute Gasteiger partial charge is 0.235 e. The predicted octanol–water partition coefficient (Wildman–Crippen LogP) is 3.06. The molecule has 0 saturated carbocycles. The fourth-order valence-corrected chi connectivity index (χ4v) is 2.39. The van der Waals surface area contributed by atoms with Crippen LogP contribution in [0.25, 0.3) is 22.3 Å². The lowest BCUT2D eigenvalue weighted by molar-refractivity contribution is 0.394. The summed E-state index contributed by atoms with van der Waals surface area (Å²) in [5.41, 5.74) is 7.06. The van der Waals surface area contributed by atoms with Crippen LogP contribution in [0.5, 0.6) is 11.5 Å². The maximum Gasteiger partial charge on any atom is 0.235 e. The van der Waals surface area contributed by atoms with Gasteiger partial charge in [0, 0.05) is 5.69 Å². The Morgan fingerprint density at radius 3 is 2.55 bits per heavy atom. The number of ether oxygens (including phenoxy) is 2. The molecule has 112 valence electrons. The van der Waals surface area contributed by atoms with Gasteiger partial charge in [0.15, 0.2) is 5.76 Å². The Morgan fingerprint density at radius 2 is 1.82 bits per heavy atom. The molecule has 1 aromatic heterocycles. The minimum absolute atomic E-state index is 0.127. The lowest BCUT2D eigenvalue weighted by Gasteiger charge is -2.12. The van der Waals surface area contributed by atoms with Crippen molar-refractivity contribution in [3.63, 3.8) is 0 Å². The number of para-hydroxylation sites is 1. The molecule has 0 spiro atoms. The molecular weight excluding hydrogens is 282 g/mol. The normalized spacial score (nSPS) is 10.6. The van der Waals surface area contributed by atoms with E-state index in [0.717, 1.165) is 0 Å². The Kier molecular flexibility index (Phi) is 3.47. The van der Waals surface area contributed by atoms with E-state index in [4.69, 9.17) is 19.6 Å². The zero-order valence-corrected chi connectivity index (χ0v) is 12.3. The molecule has 0 unspecified atom stereocenters. The van der Waals surface area contributed by atoms with Crippen molar-refractivity contribution < 1.29 is 13.9 Å². The second kappa shape index (κ2) is 5.44. The number of nitrogens with two attached hydrogens (primary N) is 1. The zero-order valence-electron chi connectivity index (χ0n) is 12.3. The standard InChI is InChI=1S/C17H15NO4/c1-20-13-6-4-3-5-11(13)16-17(21-2)15(19)12-9-10(18)7-8-14(12)22-16/h3-9H,18H2,1-2H3. The van der Waals surface area contributed by atoms with Gasteiger partial charge in [-0.25, -0.2) is 0 Å². The van der Waals surface area contributed by atoms with Crippen LogP contribution in [0.4, 0.5) is 5.69 Å². The monoisotopic (exact) mass is 297 g/mol. The molecule has 0 atom stereocenters. The molecule has 1 heterocycles. The predicted molar refractivity (Wildman–Crippen MR) is 85.4 cm³/mol. The van der Waals surface area contributed by atoms with Gasteiger partial charge in [0.25, 0.3) is 0 Å². The van der Waals surface area contributed by atoms with Crippen LogP contribution in [0.15, 0.2) is 51.7 Å². The van der Waals surface area contributed by atoms with Crippen molar-refractivity contribution in [1.82, 2.24) is 0 Å². The van der Waals surface area contributed by atoms with Crippen LogP contribution >= 0.6 is 0 Å². The minimum atomic E-state index is -0.267. The highest BCUT2D eigenvalue weighted by Crippen LogP contribution is 2.36. The maximum atomic E-state index is 12.6. The third kappa shape index (κ3) is 2.16. The van der Waals surface area contributed by atoms with Gasteiger partial charge in [0.05, 0.1) is 25.2 Å². The van der Waals surface area contributed by atoms with E-state index in [-0.39, 0.29) is 11.2 Å². The molecule has 2 aromatic carbocycles. The van der Waals surface area contributed by atoms with Gasteiger partial charge in [0.1, 0.15) is 11.3 Å². The summed E-state index contributed by atoms with van der Waals surface area (Å²) in [5, 5.41) is 0.385. The van der Waals surface area contributed by atoms with Gasteiger partial charge in [-0.3, -0.25) is 4.79 Å². The first-order valence-corrected chi connectivity index (χ1v) is 6.69. The van der Waals surface area contributed by atoms with E-state index in [1.54, 1.807) is 31.4 Å². The lowest BCUT2D eigenvalue weighted by Crippen LogP contribution is -2.08. The molecule has 22 heavy (non-hydrogen) atoms. The lowest BCUT2D eigenvalue weighted by atomic mass is 10.1. The molecule has 3 aromatic rings.